The first-order chi connectivity index (χ1) is 7.81. The maximum Gasteiger partial charge on any atom is 0.263 e. The molecule has 1 amide bonds. The average Bonchev–Trinajstić information content (AvgIpc) is 2.96. The van der Waals surface area contributed by atoms with Crippen molar-refractivity contribution in [2.24, 2.45) is 0 Å². The van der Waals surface area contributed by atoms with Crippen LogP contribution in [0.15, 0.2) is 24.7 Å². The highest BCUT2D eigenvalue weighted by Crippen LogP contribution is 2.04. The first-order valence-electron chi connectivity index (χ1n) is 5.00. The number of amides is 1. The highest BCUT2D eigenvalue weighted by Gasteiger charge is 2.08. The van der Waals surface area contributed by atoms with Crippen molar-refractivity contribution in [1.82, 2.24) is 19.2 Å². The molecule has 0 atom stereocenters. The second-order valence-electron chi connectivity index (χ2n) is 3.19. The van der Waals surface area contributed by atoms with E-state index in [1.54, 1.807) is 18.5 Å². The van der Waals surface area contributed by atoms with Gasteiger partial charge >= 0.3 is 0 Å². The number of hydrogen-bond acceptors (Lipinski definition) is 4. The zero-order valence-electron chi connectivity index (χ0n) is 8.88. The fourth-order valence-electron chi connectivity index (χ4n) is 1.37. The highest BCUT2D eigenvalue weighted by atomic mass is 32.1. The molecular formula is C10H12N4OS. The van der Waals surface area contributed by atoms with E-state index in [1.165, 1.54) is 11.5 Å². The lowest BCUT2D eigenvalue weighted by atomic mass is 10.4. The van der Waals surface area contributed by atoms with Gasteiger partial charge in [-0.15, -0.1) is 0 Å². The molecule has 5 nitrogen and oxygen atoms in total. The maximum atomic E-state index is 11.6. The third-order valence-electron chi connectivity index (χ3n) is 2.21. The molecule has 0 fully saturated rings. The molecule has 0 saturated heterocycles. The molecule has 16 heavy (non-hydrogen) atoms. The van der Waals surface area contributed by atoms with Crippen molar-refractivity contribution in [1.29, 1.82) is 0 Å². The molecule has 0 bridgehead atoms. The molecule has 2 rings (SSSR count). The quantitative estimate of drug-likeness (QED) is 0.870. The Balaban J connectivity index is 1.95. The van der Waals surface area contributed by atoms with Gasteiger partial charge in [-0.2, -0.15) is 0 Å². The molecule has 84 valence electrons. The Labute approximate surface area is 97.3 Å². The Morgan fingerprint density at radius 3 is 3.12 bits per heavy atom. The summed E-state index contributed by atoms with van der Waals surface area (Å²) in [5, 5.41) is 2.81. The second-order valence-corrected chi connectivity index (χ2v) is 4.02. The van der Waals surface area contributed by atoms with E-state index in [-0.39, 0.29) is 5.91 Å². The summed E-state index contributed by atoms with van der Waals surface area (Å²) in [4.78, 5) is 16.4. The molecule has 0 aliphatic heterocycles. The van der Waals surface area contributed by atoms with Crippen LogP contribution >= 0.6 is 11.5 Å². The third-order valence-corrected chi connectivity index (χ3v) is 2.96. The summed E-state index contributed by atoms with van der Waals surface area (Å²) in [6.07, 6.45) is 5.25. The lowest BCUT2D eigenvalue weighted by Gasteiger charge is -2.05. The molecule has 2 aromatic rings. The van der Waals surface area contributed by atoms with Crippen molar-refractivity contribution >= 4 is 17.4 Å². The SMILES string of the molecule is CCn1ccnc1CNC(=O)c1ccns1. The fourth-order valence-corrected chi connectivity index (χ4v) is 1.89. The molecule has 2 heterocycles. The van der Waals surface area contributed by atoms with Gasteiger partial charge in [-0.25, -0.2) is 9.36 Å². The van der Waals surface area contributed by atoms with Crippen LogP contribution in [0.25, 0.3) is 0 Å². The van der Waals surface area contributed by atoms with Gasteiger partial charge < -0.3 is 9.88 Å². The molecule has 2 aromatic heterocycles. The summed E-state index contributed by atoms with van der Waals surface area (Å²) in [5.74, 6) is 0.758. The zero-order chi connectivity index (χ0) is 11.4. The maximum absolute atomic E-state index is 11.6. The molecule has 0 aliphatic rings. The van der Waals surface area contributed by atoms with Crippen LogP contribution < -0.4 is 5.32 Å². The van der Waals surface area contributed by atoms with Gasteiger partial charge in [0.25, 0.3) is 5.91 Å². The van der Waals surface area contributed by atoms with Crippen LogP contribution in [0.2, 0.25) is 0 Å². The summed E-state index contributed by atoms with van der Waals surface area (Å²) in [7, 11) is 0. The Morgan fingerprint density at radius 1 is 1.56 bits per heavy atom. The monoisotopic (exact) mass is 236 g/mol. The lowest BCUT2D eigenvalue weighted by Crippen LogP contribution is -2.23. The van der Waals surface area contributed by atoms with E-state index < -0.39 is 0 Å². The number of carbonyl (C=O) groups is 1. The van der Waals surface area contributed by atoms with Crippen LogP contribution in [0.3, 0.4) is 0 Å². The first-order valence-corrected chi connectivity index (χ1v) is 5.77. The third kappa shape index (κ3) is 2.27. The van der Waals surface area contributed by atoms with Crippen LogP contribution in [0.1, 0.15) is 22.4 Å². The number of nitrogens with zero attached hydrogens (tertiary/aromatic N) is 3. The number of aromatic nitrogens is 3. The average molecular weight is 236 g/mol. The van der Waals surface area contributed by atoms with Gasteiger partial charge in [0, 0.05) is 25.1 Å². The van der Waals surface area contributed by atoms with Crippen molar-refractivity contribution in [3.05, 3.63) is 35.4 Å². The molecule has 0 aromatic carbocycles. The minimum absolute atomic E-state index is 0.104. The first kappa shape index (κ1) is 10.8. The summed E-state index contributed by atoms with van der Waals surface area (Å²) < 4.78 is 5.87. The van der Waals surface area contributed by atoms with E-state index in [9.17, 15) is 4.79 Å². The number of carbonyl (C=O) groups excluding carboxylic acids is 1. The standard InChI is InChI=1S/C10H12N4OS/c1-2-14-6-5-11-9(14)7-12-10(15)8-3-4-13-16-8/h3-6H,2,7H2,1H3,(H,12,15). The number of aryl methyl sites for hydroxylation is 1. The number of imidazole rings is 1. The van der Waals surface area contributed by atoms with Gasteiger partial charge in [-0.1, -0.05) is 0 Å². The Hall–Kier alpha value is -1.69. The Morgan fingerprint density at radius 2 is 2.44 bits per heavy atom. The second kappa shape index (κ2) is 4.89. The van der Waals surface area contributed by atoms with E-state index in [2.05, 4.69) is 14.7 Å². The van der Waals surface area contributed by atoms with E-state index in [0.29, 0.717) is 11.4 Å². The topological polar surface area (TPSA) is 59.8 Å². The van der Waals surface area contributed by atoms with Gasteiger partial charge in [0.1, 0.15) is 10.7 Å². The molecule has 0 radical (unpaired) electrons. The van der Waals surface area contributed by atoms with Crippen molar-refractivity contribution < 1.29 is 4.79 Å². The summed E-state index contributed by atoms with van der Waals surface area (Å²) >= 11 is 1.19. The number of hydrogen-bond donors (Lipinski definition) is 1. The molecule has 0 unspecified atom stereocenters. The molecule has 0 spiro atoms. The normalized spacial score (nSPS) is 10.3. The zero-order valence-corrected chi connectivity index (χ0v) is 9.70. The number of rotatable bonds is 4. The minimum atomic E-state index is -0.104. The van der Waals surface area contributed by atoms with E-state index in [1.807, 2.05) is 17.7 Å². The molecule has 0 aliphatic carbocycles. The van der Waals surface area contributed by atoms with Crippen molar-refractivity contribution in [3.63, 3.8) is 0 Å². The van der Waals surface area contributed by atoms with Gasteiger partial charge in [0.2, 0.25) is 0 Å². The van der Waals surface area contributed by atoms with Crippen LogP contribution in [-0.4, -0.2) is 19.8 Å². The van der Waals surface area contributed by atoms with E-state index >= 15 is 0 Å². The fraction of sp³-hybridized carbons (Fsp3) is 0.300. The largest absolute Gasteiger partial charge is 0.344 e. The van der Waals surface area contributed by atoms with Gasteiger partial charge in [0.15, 0.2) is 0 Å². The van der Waals surface area contributed by atoms with Gasteiger partial charge in [-0.05, 0) is 24.5 Å². The Kier molecular flexibility index (Phi) is 3.31. The molecular weight excluding hydrogens is 224 g/mol. The summed E-state index contributed by atoms with van der Waals surface area (Å²) in [6, 6.07) is 1.70. The molecule has 1 N–H and O–H groups in total. The Bertz CT molecular complexity index is 463. The van der Waals surface area contributed by atoms with Crippen molar-refractivity contribution in [2.45, 2.75) is 20.0 Å². The lowest BCUT2D eigenvalue weighted by molar-refractivity contribution is 0.0953. The predicted molar refractivity (Wildman–Crippen MR) is 61.2 cm³/mol. The van der Waals surface area contributed by atoms with Crippen LogP contribution in [-0.2, 0) is 13.1 Å². The summed E-state index contributed by atoms with van der Waals surface area (Å²) in [5.41, 5.74) is 0. The molecule has 0 saturated carbocycles. The van der Waals surface area contributed by atoms with Gasteiger partial charge in [0.05, 0.1) is 6.54 Å². The van der Waals surface area contributed by atoms with Crippen molar-refractivity contribution in [2.75, 3.05) is 0 Å². The van der Waals surface area contributed by atoms with Crippen LogP contribution in [0.4, 0.5) is 0 Å². The smallest absolute Gasteiger partial charge is 0.263 e. The molecule has 6 heteroatoms. The summed E-state index contributed by atoms with van der Waals surface area (Å²) in [6.45, 7) is 3.33. The minimum Gasteiger partial charge on any atom is -0.344 e. The van der Waals surface area contributed by atoms with Crippen molar-refractivity contribution in [3.8, 4) is 0 Å². The van der Waals surface area contributed by atoms with E-state index in [0.717, 1.165) is 12.4 Å². The number of nitrogens with one attached hydrogen (secondary N) is 1. The van der Waals surface area contributed by atoms with Crippen LogP contribution in [0, 0.1) is 0 Å². The highest BCUT2D eigenvalue weighted by molar-refractivity contribution is 7.08. The van der Waals surface area contributed by atoms with E-state index in [4.69, 9.17) is 0 Å². The van der Waals surface area contributed by atoms with Gasteiger partial charge in [-0.3, -0.25) is 4.79 Å². The predicted octanol–water partition coefficient (Wildman–Crippen LogP) is 1.29. The van der Waals surface area contributed by atoms with Crippen LogP contribution in [0.5, 0.6) is 0 Å².